The second kappa shape index (κ2) is 11.2. The number of carbonyl (C=O) groups is 2. The molecule has 0 saturated carbocycles. The number of amides is 1. The summed E-state index contributed by atoms with van der Waals surface area (Å²) in [5.74, 6) is -0.665. The Hall–Kier alpha value is -2.82. The molecule has 0 fully saturated rings. The summed E-state index contributed by atoms with van der Waals surface area (Å²) in [5.41, 5.74) is 1.81. The molecule has 0 aromatic heterocycles. The van der Waals surface area contributed by atoms with E-state index in [0.29, 0.717) is 27.7 Å². The van der Waals surface area contributed by atoms with Crippen molar-refractivity contribution in [3.05, 3.63) is 106 Å². The number of hydrogen-bond acceptors (Lipinski definition) is 3. The Labute approximate surface area is 198 Å². The SMILES string of the molecule is CC(C)C(CNC(=O)c1ccc(Cl)cc1)C(OC(=O)c1ccc(Cl)cc1)c1ccccc1. The molecule has 1 N–H and O–H groups in total. The molecule has 2 atom stereocenters. The maximum atomic E-state index is 12.9. The van der Waals surface area contributed by atoms with E-state index in [-0.39, 0.29) is 17.7 Å². The van der Waals surface area contributed by atoms with Crippen LogP contribution in [0.2, 0.25) is 10.0 Å². The number of carbonyl (C=O) groups excluding carboxylic acids is 2. The molecule has 32 heavy (non-hydrogen) atoms. The van der Waals surface area contributed by atoms with Crippen LogP contribution in [0.25, 0.3) is 0 Å². The van der Waals surface area contributed by atoms with Crippen LogP contribution in [0.5, 0.6) is 0 Å². The van der Waals surface area contributed by atoms with Crippen LogP contribution >= 0.6 is 23.2 Å². The van der Waals surface area contributed by atoms with Crippen molar-refractivity contribution >= 4 is 35.1 Å². The van der Waals surface area contributed by atoms with Crippen molar-refractivity contribution in [3.8, 4) is 0 Å². The molecule has 3 rings (SSSR count). The quantitative estimate of drug-likeness (QED) is 0.378. The van der Waals surface area contributed by atoms with Gasteiger partial charge in [-0.05, 0) is 60.0 Å². The van der Waals surface area contributed by atoms with Gasteiger partial charge in [-0.1, -0.05) is 67.4 Å². The predicted molar refractivity (Wildman–Crippen MR) is 128 cm³/mol. The van der Waals surface area contributed by atoms with Gasteiger partial charge in [0.2, 0.25) is 0 Å². The van der Waals surface area contributed by atoms with Gasteiger partial charge >= 0.3 is 5.97 Å². The van der Waals surface area contributed by atoms with Gasteiger partial charge in [-0.25, -0.2) is 4.79 Å². The Kier molecular flexibility index (Phi) is 8.32. The summed E-state index contributed by atoms with van der Waals surface area (Å²) in [6.45, 7) is 4.43. The van der Waals surface area contributed by atoms with E-state index in [4.69, 9.17) is 27.9 Å². The molecule has 0 bridgehead atoms. The summed E-state index contributed by atoms with van der Waals surface area (Å²) in [5, 5.41) is 4.10. The fourth-order valence-electron chi connectivity index (χ4n) is 3.42. The molecule has 3 aromatic carbocycles. The van der Waals surface area contributed by atoms with E-state index in [9.17, 15) is 9.59 Å². The first-order valence-corrected chi connectivity index (χ1v) is 11.2. The highest BCUT2D eigenvalue weighted by molar-refractivity contribution is 6.31. The molecule has 4 nitrogen and oxygen atoms in total. The highest BCUT2D eigenvalue weighted by Gasteiger charge is 2.30. The molecule has 3 aromatic rings. The van der Waals surface area contributed by atoms with Crippen molar-refractivity contribution in [2.75, 3.05) is 6.54 Å². The third-order valence-electron chi connectivity index (χ3n) is 5.29. The van der Waals surface area contributed by atoms with Crippen LogP contribution < -0.4 is 5.32 Å². The first-order valence-electron chi connectivity index (χ1n) is 10.4. The van der Waals surface area contributed by atoms with Gasteiger partial charge in [0.25, 0.3) is 5.91 Å². The predicted octanol–water partition coefficient (Wildman–Crippen LogP) is 6.59. The summed E-state index contributed by atoms with van der Waals surface area (Å²) in [6.07, 6.45) is -0.537. The highest BCUT2D eigenvalue weighted by atomic mass is 35.5. The summed E-state index contributed by atoms with van der Waals surface area (Å²) >= 11 is 11.9. The van der Waals surface area contributed by atoms with E-state index >= 15 is 0 Å². The molecule has 0 spiro atoms. The first kappa shape index (κ1) is 23.8. The van der Waals surface area contributed by atoms with Gasteiger partial charge in [0.15, 0.2) is 0 Å². The zero-order valence-electron chi connectivity index (χ0n) is 17.9. The molecule has 166 valence electrons. The van der Waals surface area contributed by atoms with E-state index in [2.05, 4.69) is 5.32 Å². The zero-order chi connectivity index (χ0) is 23.1. The maximum absolute atomic E-state index is 12.9. The molecular weight excluding hydrogens is 445 g/mol. The fraction of sp³-hybridized carbons (Fsp3) is 0.231. The van der Waals surface area contributed by atoms with Gasteiger partial charge < -0.3 is 10.1 Å². The van der Waals surface area contributed by atoms with Crippen LogP contribution in [0.1, 0.15) is 46.2 Å². The van der Waals surface area contributed by atoms with E-state index in [0.717, 1.165) is 5.56 Å². The van der Waals surface area contributed by atoms with E-state index in [1.54, 1.807) is 48.5 Å². The second-order valence-electron chi connectivity index (χ2n) is 7.87. The third-order valence-corrected chi connectivity index (χ3v) is 5.80. The number of halogens is 2. The Morgan fingerprint density at radius 3 is 1.88 bits per heavy atom. The van der Waals surface area contributed by atoms with Crippen LogP contribution in [-0.4, -0.2) is 18.4 Å². The normalized spacial score (nSPS) is 12.8. The standard InChI is InChI=1S/C26H25Cl2NO3/c1-17(2)23(16-29-25(30)19-8-12-21(27)13-9-19)24(18-6-4-3-5-7-18)32-26(31)20-10-14-22(28)15-11-20/h3-15,17,23-24H,16H2,1-2H3,(H,29,30). The van der Waals surface area contributed by atoms with Gasteiger partial charge in [0.1, 0.15) is 6.10 Å². The molecule has 0 radical (unpaired) electrons. The number of hydrogen-bond donors (Lipinski definition) is 1. The third kappa shape index (κ3) is 6.35. The number of esters is 1. The van der Waals surface area contributed by atoms with Crippen LogP contribution in [0.4, 0.5) is 0 Å². The van der Waals surface area contributed by atoms with E-state index in [1.165, 1.54) is 0 Å². The lowest BCUT2D eigenvalue weighted by atomic mass is 9.86. The topological polar surface area (TPSA) is 55.4 Å². The van der Waals surface area contributed by atoms with E-state index in [1.807, 2.05) is 44.2 Å². The van der Waals surface area contributed by atoms with Crippen molar-refractivity contribution in [1.82, 2.24) is 5.32 Å². The van der Waals surface area contributed by atoms with Crippen LogP contribution in [0.3, 0.4) is 0 Å². The Bertz CT molecular complexity index is 1030. The minimum atomic E-state index is -0.537. The van der Waals surface area contributed by atoms with E-state index < -0.39 is 12.1 Å². The molecule has 0 aliphatic rings. The van der Waals surface area contributed by atoms with Gasteiger partial charge in [0, 0.05) is 28.1 Å². The summed E-state index contributed by atoms with van der Waals surface area (Å²) in [4.78, 5) is 25.5. The minimum absolute atomic E-state index is 0.128. The number of benzene rings is 3. The van der Waals surface area contributed by atoms with Gasteiger partial charge in [-0.3, -0.25) is 4.79 Å². The Morgan fingerprint density at radius 2 is 1.34 bits per heavy atom. The molecule has 0 heterocycles. The molecule has 2 unspecified atom stereocenters. The van der Waals surface area contributed by atoms with Crippen LogP contribution in [0.15, 0.2) is 78.9 Å². The van der Waals surface area contributed by atoms with Crippen molar-refractivity contribution in [1.29, 1.82) is 0 Å². The molecular formula is C26H25Cl2NO3. The van der Waals surface area contributed by atoms with Gasteiger partial charge in [-0.2, -0.15) is 0 Å². The first-order chi connectivity index (χ1) is 15.3. The number of ether oxygens (including phenoxy) is 1. The molecule has 1 amide bonds. The average Bonchev–Trinajstić information content (AvgIpc) is 2.79. The smallest absolute Gasteiger partial charge is 0.338 e. The summed E-state index contributed by atoms with van der Waals surface area (Å²) in [6, 6.07) is 22.9. The lowest BCUT2D eigenvalue weighted by Gasteiger charge is -2.30. The van der Waals surface area contributed by atoms with Gasteiger partial charge in [0.05, 0.1) is 5.56 Å². The molecule has 6 heteroatoms. The maximum Gasteiger partial charge on any atom is 0.338 e. The second-order valence-corrected chi connectivity index (χ2v) is 8.74. The summed E-state index contributed by atoms with van der Waals surface area (Å²) < 4.78 is 5.99. The van der Waals surface area contributed by atoms with Crippen molar-refractivity contribution in [2.24, 2.45) is 11.8 Å². The minimum Gasteiger partial charge on any atom is -0.454 e. The average molecular weight is 470 g/mol. The monoisotopic (exact) mass is 469 g/mol. The highest BCUT2D eigenvalue weighted by Crippen LogP contribution is 2.32. The molecule has 0 aliphatic carbocycles. The largest absolute Gasteiger partial charge is 0.454 e. The van der Waals surface area contributed by atoms with Crippen LogP contribution in [-0.2, 0) is 4.74 Å². The molecule has 0 saturated heterocycles. The lowest BCUT2D eigenvalue weighted by Crippen LogP contribution is -2.36. The van der Waals surface area contributed by atoms with Gasteiger partial charge in [-0.15, -0.1) is 0 Å². The Balaban J connectivity index is 1.81. The number of nitrogens with one attached hydrogen (secondary N) is 1. The Morgan fingerprint density at radius 1 is 0.812 bits per heavy atom. The van der Waals surface area contributed by atoms with Crippen LogP contribution in [0, 0.1) is 11.8 Å². The zero-order valence-corrected chi connectivity index (χ0v) is 19.4. The molecule has 0 aliphatic heterocycles. The fourth-order valence-corrected chi connectivity index (χ4v) is 3.67. The van der Waals surface area contributed by atoms with Crippen molar-refractivity contribution in [2.45, 2.75) is 20.0 Å². The number of rotatable bonds is 8. The van der Waals surface area contributed by atoms with Crippen molar-refractivity contribution in [3.63, 3.8) is 0 Å². The summed E-state index contributed by atoms with van der Waals surface area (Å²) in [7, 11) is 0. The van der Waals surface area contributed by atoms with Crippen molar-refractivity contribution < 1.29 is 14.3 Å². The lowest BCUT2D eigenvalue weighted by molar-refractivity contribution is 0.00543.